The van der Waals surface area contributed by atoms with Gasteiger partial charge in [0.05, 0.1) is 10.9 Å². The average Bonchev–Trinajstić information content (AvgIpc) is 3.23. The van der Waals surface area contributed by atoms with Crippen molar-refractivity contribution in [2.75, 3.05) is 6.61 Å². The lowest BCUT2D eigenvalue weighted by Crippen LogP contribution is -2.37. The summed E-state index contributed by atoms with van der Waals surface area (Å²) in [5.41, 5.74) is 6.24. The van der Waals surface area contributed by atoms with Crippen molar-refractivity contribution >= 4 is 33.8 Å². The molecular weight excluding hydrogens is 356 g/mol. The summed E-state index contributed by atoms with van der Waals surface area (Å²) < 4.78 is 2.25. The molecule has 0 radical (unpaired) electrons. The highest BCUT2D eigenvalue weighted by Gasteiger charge is 2.19. The smallest absolute Gasteiger partial charge is 0.213 e. The number of hydrogen-bond acceptors (Lipinski definition) is 2. The Morgan fingerprint density at radius 1 is 0.931 bits per heavy atom. The summed E-state index contributed by atoms with van der Waals surface area (Å²) in [5, 5.41) is 13.0. The second-order valence-electron chi connectivity index (χ2n) is 7.71. The normalized spacial score (nSPS) is 13.6. The topological polar surface area (TPSA) is 37.0 Å². The minimum atomic E-state index is 0.200. The Morgan fingerprint density at radius 3 is 2.66 bits per heavy atom. The Bertz CT molecular complexity index is 1230. The van der Waals surface area contributed by atoms with Crippen LogP contribution in [0.1, 0.15) is 35.4 Å². The molecule has 2 heterocycles. The largest absolute Gasteiger partial charge is 0.396 e. The number of aromatic nitrogens is 2. The summed E-state index contributed by atoms with van der Waals surface area (Å²) in [6.07, 6.45) is 10.8. The van der Waals surface area contributed by atoms with Crippen LogP contribution in [0.5, 0.6) is 0 Å². The van der Waals surface area contributed by atoms with Gasteiger partial charge in [0, 0.05) is 36.3 Å². The van der Waals surface area contributed by atoms with Crippen LogP contribution in [0.3, 0.4) is 0 Å². The van der Waals surface area contributed by atoms with Gasteiger partial charge in [0.1, 0.15) is 0 Å². The van der Waals surface area contributed by atoms with E-state index in [2.05, 4.69) is 77.5 Å². The van der Waals surface area contributed by atoms with Crippen LogP contribution in [0.4, 0.5) is 0 Å². The SMILES string of the molecule is OCCC[n+]1ccc2ccccc2c1/C=C/c1c2c(nc3ccccc13)CCC2. The van der Waals surface area contributed by atoms with Crippen molar-refractivity contribution in [2.24, 2.45) is 0 Å². The fourth-order valence-corrected chi connectivity index (χ4v) is 4.50. The molecule has 0 amide bonds. The van der Waals surface area contributed by atoms with Gasteiger partial charge >= 0.3 is 0 Å². The Morgan fingerprint density at radius 2 is 1.76 bits per heavy atom. The van der Waals surface area contributed by atoms with Gasteiger partial charge < -0.3 is 5.11 Å². The summed E-state index contributed by atoms with van der Waals surface area (Å²) in [6.45, 7) is 1.00. The minimum Gasteiger partial charge on any atom is -0.396 e. The van der Waals surface area contributed by atoms with Gasteiger partial charge in [-0.25, -0.2) is 0 Å². The Labute approximate surface area is 171 Å². The highest BCUT2D eigenvalue weighted by molar-refractivity contribution is 5.95. The van der Waals surface area contributed by atoms with E-state index in [-0.39, 0.29) is 6.61 Å². The third kappa shape index (κ3) is 3.32. The van der Waals surface area contributed by atoms with E-state index in [0.717, 1.165) is 31.3 Å². The van der Waals surface area contributed by atoms with Gasteiger partial charge in [-0.3, -0.25) is 4.98 Å². The lowest BCUT2D eigenvalue weighted by Gasteiger charge is -2.09. The van der Waals surface area contributed by atoms with E-state index in [1.807, 2.05) is 0 Å². The molecule has 1 aliphatic rings. The molecule has 144 valence electrons. The van der Waals surface area contributed by atoms with Crippen LogP contribution in [0, 0.1) is 0 Å². The predicted molar refractivity (Wildman–Crippen MR) is 119 cm³/mol. The standard InChI is InChI=1S/C26H25N2O/c29-18-6-16-28-17-15-19-7-1-2-8-20(19)26(28)14-13-21-22-9-3-4-11-24(22)27-25-12-5-10-23(21)25/h1-4,7-9,11,13-15,17,29H,5-6,10,12,16,18H2/q+1/b14-13+. The predicted octanol–water partition coefficient (Wildman–Crippen LogP) is 4.72. The van der Waals surface area contributed by atoms with Crippen molar-refractivity contribution in [3.8, 4) is 0 Å². The first-order valence-electron chi connectivity index (χ1n) is 10.5. The lowest BCUT2D eigenvalue weighted by atomic mass is 10.00. The average molecular weight is 381 g/mol. The Balaban J connectivity index is 1.69. The number of para-hydroxylation sites is 1. The van der Waals surface area contributed by atoms with Crippen LogP contribution in [0.2, 0.25) is 0 Å². The van der Waals surface area contributed by atoms with Crippen LogP contribution in [-0.4, -0.2) is 16.7 Å². The summed E-state index contributed by atoms with van der Waals surface area (Å²) in [4.78, 5) is 4.91. The van der Waals surface area contributed by atoms with Crippen molar-refractivity contribution in [2.45, 2.75) is 32.2 Å². The zero-order chi connectivity index (χ0) is 19.6. The molecular formula is C26H25N2O+. The summed E-state index contributed by atoms with van der Waals surface area (Å²) >= 11 is 0. The van der Waals surface area contributed by atoms with Gasteiger partial charge in [0.2, 0.25) is 5.69 Å². The first-order chi connectivity index (χ1) is 14.3. The molecule has 1 aliphatic carbocycles. The summed E-state index contributed by atoms with van der Waals surface area (Å²) in [7, 11) is 0. The number of aryl methyl sites for hydroxylation is 2. The molecule has 0 aliphatic heterocycles. The zero-order valence-corrected chi connectivity index (χ0v) is 16.5. The molecule has 0 saturated carbocycles. The molecule has 2 aromatic carbocycles. The minimum absolute atomic E-state index is 0.200. The molecule has 0 bridgehead atoms. The molecule has 4 aromatic rings. The maximum atomic E-state index is 9.33. The van der Waals surface area contributed by atoms with E-state index < -0.39 is 0 Å². The fourth-order valence-electron chi connectivity index (χ4n) is 4.50. The van der Waals surface area contributed by atoms with E-state index >= 15 is 0 Å². The van der Waals surface area contributed by atoms with Gasteiger partial charge in [-0.2, -0.15) is 4.57 Å². The van der Waals surface area contributed by atoms with Crippen LogP contribution in [0.15, 0.2) is 60.8 Å². The van der Waals surface area contributed by atoms with E-state index in [1.54, 1.807) is 0 Å². The number of benzene rings is 2. The van der Waals surface area contributed by atoms with Crippen LogP contribution < -0.4 is 4.57 Å². The molecule has 3 heteroatoms. The number of rotatable bonds is 5. The van der Waals surface area contributed by atoms with Crippen LogP contribution in [-0.2, 0) is 19.4 Å². The van der Waals surface area contributed by atoms with Gasteiger partial charge in [-0.05, 0) is 54.0 Å². The molecule has 29 heavy (non-hydrogen) atoms. The maximum absolute atomic E-state index is 9.33. The Kier molecular flexibility index (Phi) is 4.82. The molecule has 0 spiro atoms. The molecule has 2 aromatic heterocycles. The van der Waals surface area contributed by atoms with Crippen LogP contribution >= 0.6 is 0 Å². The maximum Gasteiger partial charge on any atom is 0.213 e. The van der Waals surface area contributed by atoms with E-state index in [0.29, 0.717) is 0 Å². The lowest BCUT2D eigenvalue weighted by molar-refractivity contribution is -0.697. The van der Waals surface area contributed by atoms with Crippen molar-refractivity contribution in [3.05, 3.63) is 83.3 Å². The highest BCUT2D eigenvalue weighted by Crippen LogP contribution is 2.31. The third-order valence-corrected chi connectivity index (χ3v) is 5.91. The van der Waals surface area contributed by atoms with Crippen LogP contribution in [0.25, 0.3) is 33.8 Å². The van der Waals surface area contributed by atoms with Crippen molar-refractivity contribution < 1.29 is 9.67 Å². The molecule has 0 unspecified atom stereocenters. The van der Waals surface area contributed by atoms with E-state index in [1.165, 1.54) is 45.1 Å². The first-order valence-corrected chi connectivity index (χ1v) is 10.5. The van der Waals surface area contributed by atoms with E-state index in [9.17, 15) is 5.11 Å². The highest BCUT2D eigenvalue weighted by atomic mass is 16.3. The van der Waals surface area contributed by atoms with Crippen molar-refractivity contribution in [1.29, 1.82) is 0 Å². The quantitative estimate of drug-likeness (QED) is 0.508. The second-order valence-corrected chi connectivity index (χ2v) is 7.71. The molecule has 0 atom stereocenters. The number of aliphatic hydroxyl groups is 1. The monoisotopic (exact) mass is 381 g/mol. The van der Waals surface area contributed by atoms with Gasteiger partial charge in [0.25, 0.3) is 0 Å². The summed E-state index contributed by atoms with van der Waals surface area (Å²) in [6, 6.07) is 19.1. The van der Waals surface area contributed by atoms with Gasteiger partial charge in [0.15, 0.2) is 12.7 Å². The molecule has 3 nitrogen and oxygen atoms in total. The second kappa shape index (κ2) is 7.76. The number of hydrogen-bond donors (Lipinski definition) is 1. The number of nitrogens with zero attached hydrogens (tertiary/aromatic N) is 2. The molecule has 0 fully saturated rings. The number of fused-ring (bicyclic) bond motifs is 3. The summed E-state index contributed by atoms with van der Waals surface area (Å²) in [5.74, 6) is 0. The number of pyridine rings is 2. The van der Waals surface area contributed by atoms with E-state index in [4.69, 9.17) is 4.98 Å². The van der Waals surface area contributed by atoms with Gasteiger partial charge in [-0.1, -0.05) is 36.4 Å². The third-order valence-electron chi connectivity index (χ3n) is 5.91. The fraction of sp³-hybridized carbons (Fsp3) is 0.231. The molecule has 5 rings (SSSR count). The molecule has 1 N–H and O–H groups in total. The zero-order valence-electron chi connectivity index (χ0n) is 16.5. The first kappa shape index (κ1) is 18.0. The Hall–Kier alpha value is -3.04. The van der Waals surface area contributed by atoms with Gasteiger partial charge in [-0.15, -0.1) is 0 Å². The van der Waals surface area contributed by atoms with Crippen molar-refractivity contribution in [3.63, 3.8) is 0 Å². The number of aliphatic hydroxyl groups excluding tert-OH is 1. The van der Waals surface area contributed by atoms with Crippen molar-refractivity contribution in [1.82, 2.24) is 4.98 Å². The molecule has 0 saturated heterocycles.